The molecule has 0 spiro atoms. The second-order valence-electron chi connectivity index (χ2n) is 6.40. The van der Waals surface area contributed by atoms with E-state index in [4.69, 9.17) is 21.1 Å². The van der Waals surface area contributed by atoms with Gasteiger partial charge >= 0.3 is 5.97 Å². The molecule has 0 radical (unpaired) electrons. The van der Waals surface area contributed by atoms with Crippen molar-refractivity contribution in [3.8, 4) is 0 Å². The van der Waals surface area contributed by atoms with Crippen molar-refractivity contribution >= 4 is 23.4 Å². The van der Waals surface area contributed by atoms with Gasteiger partial charge in [0.1, 0.15) is 5.15 Å². The van der Waals surface area contributed by atoms with Crippen LogP contribution in [-0.2, 0) is 16.0 Å². The third kappa shape index (κ3) is 4.14. The average molecular weight is 377 g/mol. The van der Waals surface area contributed by atoms with Crippen molar-refractivity contribution in [1.82, 2.24) is 9.55 Å². The lowest BCUT2D eigenvalue weighted by Gasteiger charge is -2.14. The maximum atomic E-state index is 12.5. The lowest BCUT2D eigenvalue weighted by atomic mass is 10.1. The lowest BCUT2D eigenvalue weighted by Crippen LogP contribution is -2.18. The summed E-state index contributed by atoms with van der Waals surface area (Å²) in [6.45, 7) is 5.08. The smallest absolute Gasteiger partial charge is 0.338 e. The van der Waals surface area contributed by atoms with E-state index >= 15 is 0 Å². The Morgan fingerprint density at radius 1 is 1.38 bits per heavy atom. The number of hydrogen-bond donors (Lipinski definition) is 0. The Kier molecular flexibility index (Phi) is 5.74. The van der Waals surface area contributed by atoms with Gasteiger partial charge in [0.25, 0.3) is 0 Å². The molecule has 3 rings (SSSR count). The molecule has 0 aromatic carbocycles. The molecule has 0 saturated carbocycles. The van der Waals surface area contributed by atoms with Gasteiger partial charge in [-0.1, -0.05) is 11.6 Å². The Hall–Kier alpha value is -2.18. The number of ketones is 1. The first kappa shape index (κ1) is 18.6. The Morgan fingerprint density at radius 3 is 2.88 bits per heavy atom. The van der Waals surface area contributed by atoms with Crippen LogP contribution >= 0.6 is 11.6 Å². The van der Waals surface area contributed by atoms with E-state index in [1.54, 1.807) is 0 Å². The zero-order valence-corrected chi connectivity index (χ0v) is 15.6. The largest absolute Gasteiger partial charge is 0.454 e. The molecule has 2 aromatic rings. The number of carbonyl (C=O) groups is 2. The molecule has 1 aliphatic heterocycles. The molecule has 0 amide bonds. The van der Waals surface area contributed by atoms with Crippen molar-refractivity contribution in [3.63, 3.8) is 0 Å². The first-order valence-electron chi connectivity index (χ1n) is 8.56. The standard InChI is InChI=1S/C19H21ClN2O4/c1-12-8-16(13(2)22(12)10-15-4-3-7-25-15)17(23)11-26-19(24)14-5-6-21-18(20)9-14/h5-6,8-9,15H,3-4,7,10-11H2,1-2H3. The van der Waals surface area contributed by atoms with E-state index in [2.05, 4.69) is 9.55 Å². The summed E-state index contributed by atoms with van der Waals surface area (Å²) in [6.07, 6.45) is 3.72. The topological polar surface area (TPSA) is 70.4 Å². The van der Waals surface area contributed by atoms with Crippen LogP contribution in [0.5, 0.6) is 0 Å². The minimum absolute atomic E-state index is 0.192. The van der Waals surface area contributed by atoms with Crippen LogP contribution in [0.2, 0.25) is 5.15 Å². The second-order valence-corrected chi connectivity index (χ2v) is 6.78. The van der Waals surface area contributed by atoms with Crippen molar-refractivity contribution in [1.29, 1.82) is 0 Å². The van der Waals surface area contributed by atoms with Gasteiger partial charge < -0.3 is 14.0 Å². The monoisotopic (exact) mass is 376 g/mol. The van der Waals surface area contributed by atoms with Crippen molar-refractivity contribution in [2.75, 3.05) is 13.2 Å². The van der Waals surface area contributed by atoms with E-state index in [1.807, 2.05) is 19.9 Å². The summed E-state index contributed by atoms with van der Waals surface area (Å²) in [7, 11) is 0. The fourth-order valence-electron chi connectivity index (χ4n) is 3.18. The molecule has 1 atom stereocenters. The zero-order chi connectivity index (χ0) is 18.7. The van der Waals surface area contributed by atoms with Crippen LogP contribution in [0.4, 0.5) is 0 Å². The first-order valence-corrected chi connectivity index (χ1v) is 8.93. The second kappa shape index (κ2) is 8.01. The molecule has 7 heteroatoms. The molecule has 26 heavy (non-hydrogen) atoms. The van der Waals surface area contributed by atoms with E-state index in [1.165, 1.54) is 18.3 Å². The number of halogens is 1. The number of nitrogens with zero attached hydrogens (tertiary/aromatic N) is 2. The van der Waals surface area contributed by atoms with Gasteiger partial charge in [-0.05, 0) is 44.9 Å². The highest BCUT2D eigenvalue weighted by atomic mass is 35.5. The fourth-order valence-corrected chi connectivity index (χ4v) is 3.35. The maximum absolute atomic E-state index is 12.5. The normalized spacial score (nSPS) is 16.7. The Morgan fingerprint density at radius 2 is 2.19 bits per heavy atom. The number of Topliss-reactive ketones (excluding diaryl/α,β-unsaturated/α-hetero) is 1. The Balaban J connectivity index is 1.65. The minimum atomic E-state index is -0.601. The van der Waals surface area contributed by atoms with Gasteiger partial charge in [0.05, 0.1) is 11.7 Å². The van der Waals surface area contributed by atoms with Crippen LogP contribution in [-0.4, -0.2) is 40.6 Å². The van der Waals surface area contributed by atoms with E-state index in [-0.39, 0.29) is 29.2 Å². The van der Waals surface area contributed by atoms with Crippen molar-refractivity contribution in [3.05, 3.63) is 52.1 Å². The number of pyridine rings is 1. The number of rotatable bonds is 6. The molecule has 0 aliphatic carbocycles. The summed E-state index contributed by atoms with van der Waals surface area (Å²) >= 11 is 5.76. The third-order valence-electron chi connectivity index (χ3n) is 4.58. The first-order chi connectivity index (χ1) is 12.5. The SMILES string of the molecule is Cc1cc(C(=O)COC(=O)c2ccnc(Cl)c2)c(C)n1CC1CCCO1. The van der Waals surface area contributed by atoms with Gasteiger partial charge in [-0.25, -0.2) is 9.78 Å². The van der Waals surface area contributed by atoms with Crippen molar-refractivity contribution in [2.45, 2.75) is 39.3 Å². The quantitative estimate of drug-likeness (QED) is 0.439. The molecular formula is C19H21ClN2O4. The summed E-state index contributed by atoms with van der Waals surface area (Å²) in [4.78, 5) is 28.4. The van der Waals surface area contributed by atoms with Crippen LogP contribution in [0, 0.1) is 13.8 Å². The number of carbonyl (C=O) groups excluding carboxylic acids is 2. The number of esters is 1. The van der Waals surface area contributed by atoms with Gasteiger partial charge in [0, 0.05) is 36.3 Å². The minimum Gasteiger partial charge on any atom is -0.454 e. The van der Waals surface area contributed by atoms with E-state index in [0.717, 1.165) is 37.4 Å². The molecule has 1 fully saturated rings. The van der Waals surface area contributed by atoms with Gasteiger partial charge in [-0.3, -0.25) is 4.79 Å². The predicted octanol–water partition coefficient (Wildman–Crippen LogP) is 3.37. The molecule has 1 saturated heterocycles. The highest BCUT2D eigenvalue weighted by molar-refractivity contribution is 6.29. The van der Waals surface area contributed by atoms with Crippen LogP contribution in [0.1, 0.15) is 44.9 Å². The highest BCUT2D eigenvalue weighted by Gasteiger charge is 2.22. The Bertz CT molecular complexity index is 825. The molecule has 138 valence electrons. The molecule has 0 bridgehead atoms. The maximum Gasteiger partial charge on any atom is 0.338 e. The van der Waals surface area contributed by atoms with Crippen LogP contribution in [0.3, 0.4) is 0 Å². The molecule has 1 aliphatic rings. The number of hydrogen-bond acceptors (Lipinski definition) is 5. The van der Waals surface area contributed by atoms with E-state index in [9.17, 15) is 9.59 Å². The fraction of sp³-hybridized carbons (Fsp3) is 0.421. The predicted molar refractivity (Wildman–Crippen MR) is 96.7 cm³/mol. The zero-order valence-electron chi connectivity index (χ0n) is 14.8. The van der Waals surface area contributed by atoms with Gasteiger partial charge in [0.2, 0.25) is 5.78 Å². The van der Waals surface area contributed by atoms with Crippen LogP contribution in [0.15, 0.2) is 24.4 Å². The summed E-state index contributed by atoms with van der Waals surface area (Å²) in [5.41, 5.74) is 2.70. The molecule has 2 aromatic heterocycles. The number of ether oxygens (including phenoxy) is 2. The van der Waals surface area contributed by atoms with Crippen LogP contribution < -0.4 is 0 Å². The summed E-state index contributed by atoms with van der Waals surface area (Å²) in [6, 6.07) is 4.73. The van der Waals surface area contributed by atoms with Crippen molar-refractivity contribution in [2.24, 2.45) is 0 Å². The van der Waals surface area contributed by atoms with Gasteiger partial charge in [0.15, 0.2) is 6.61 Å². The number of aryl methyl sites for hydroxylation is 1. The van der Waals surface area contributed by atoms with Gasteiger partial charge in [-0.2, -0.15) is 0 Å². The van der Waals surface area contributed by atoms with Crippen LogP contribution in [0.25, 0.3) is 0 Å². The average Bonchev–Trinajstić information content (AvgIpc) is 3.23. The molecular weight excluding hydrogens is 356 g/mol. The van der Waals surface area contributed by atoms with Crippen molar-refractivity contribution < 1.29 is 19.1 Å². The molecule has 0 N–H and O–H groups in total. The summed E-state index contributed by atoms with van der Waals surface area (Å²) < 4.78 is 12.9. The third-order valence-corrected chi connectivity index (χ3v) is 4.79. The Labute approximate surface area is 157 Å². The lowest BCUT2D eigenvalue weighted by molar-refractivity contribution is 0.0474. The summed E-state index contributed by atoms with van der Waals surface area (Å²) in [5, 5.41) is 0.198. The molecule has 3 heterocycles. The van der Waals surface area contributed by atoms with E-state index in [0.29, 0.717) is 5.56 Å². The highest BCUT2D eigenvalue weighted by Crippen LogP contribution is 2.21. The number of aromatic nitrogens is 2. The molecule has 6 nitrogen and oxygen atoms in total. The van der Waals surface area contributed by atoms with E-state index < -0.39 is 5.97 Å². The molecule has 1 unspecified atom stereocenters. The summed E-state index contributed by atoms with van der Waals surface area (Å²) in [5.74, 6) is -0.832. The van der Waals surface area contributed by atoms with Gasteiger partial charge in [-0.15, -0.1) is 0 Å².